The molecule has 2 N–H and O–H groups in total. The Balaban J connectivity index is 2.07. The Morgan fingerprint density at radius 3 is 2.80 bits per heavy atom. The van der Waals surface area contributed by atoms with Gasteiger partial charge in [0.2, 0.25) is 0 Å². The normalized spacial score (nSPS) is 14.8. The summed E-state index contributed by atoms with van der Waals surface area (Å²) < 4.78 is 2.13. The summed E-state index contributed by atoms with van der Waals surface area (Å²) in [5, 5.41) is 18.2. The van der Waals surface area contributed by atoms with Crippen molar-refractivity contribution in [3.8, 4) is 0 Å². The van der Waals surface area contributed by atoms with Gasteiger partial charge in [-0.3, -0.25) is 0 Å². The van der Waals surface area contributed by atoms with Crippen molar-refractivity contribution in [3.05, 3.63) is 29.6 Å². The molecule has 2 aromatic rings. The summed E-state index contributed by atoms with van der Waals surface area (Å²) in [6, 6.07) is 5.30. The van der Waals surface area contributed by atoms with E-state index in [-0.39, 0.29) is 12.2 Å². The predicted octanol–water partition coefficient (Wildman–Crippen LogP) is 2.38. The molecule has 1 heterocycles. The Hall–Kier alpha value is -1.88. The van der Waals surface area contributed by atoms with E-state index in [9.17, 15) is 9.90 Å². The number of benzene rings is 1. The Kier molecular flexibility index (Phi) is 3.44. The molecule has 3 rings (SSSR count). The molecular formula is C15H18N2O3. The molecule has 0 atom stereocenters. The summed E-state index contributed by atoms with van der Waals surface area (Å²) in [7, 11) is 0. The molecule has 0 unspecified atom stereocenters. The number of aromatic carboxylic acids is 1. The highest BCUT2D eigenvalue weighted by Crippen LogP contribution is 2.41. The minimum atomic E-state index is -0.932. The number of nitrogens with zero attached hydrogens (tertiary/aromatic N) is 2. The van der Waals surface area contributed by atoms with Crippen molar-refractivity contribution in [1.29, 1.82) is 0 Å². The molecule has 1 aliphatic carbocycles. The van der Waals surface area contributed by atoms with E-state index in [2.05, 4.69) is 9.55 Å². The van der Waals surface area contributed by atoms with Crippen LogP contribution in [0.1, 0.15) is 47.8 Å². The number of carboxylic acids is 1. The summed E-state index contributed by atoms with van der Waals surface area (Å²) in [4.78, 5) is 15.9. The summed E-state index contributed by atoms with van der Waals surface area (Å²) >= 11 is 0. The largest absolute Gasteiger partial charge is 0.478 e. The van der Waals surface area contributed by atoms with E-state index in [4.69, 9.17) is 5.11 Å². The zero-order valence-electron chi connectivity index (χ0n) is 11.2. The lowest BCUT2D eigenvalue weighted by atomic mass is 10.2. The first-order valence-electron chi connectivity index (χ1n) is 7.05. The summed E-state index contributed by atoms with van der Waals surface area (Å²) in [5.41, 5.74) is 1.75. The fourth-order valence-corrected chi connectivity index (χ4v) is 2.61. The zero-order chi connectivity index (χ0) is 14.1. The van der Waals surface area contributed by atoms with E-state index in [1.165, 1.54) is 0 Å². The maximum atomic E-state index is 11.3. The van der Waals surface area contributed by atoms with Crippen LogP contribution in [0.5, 0.6) is 0 Å². The second-order valence-electron chi connectivity index (χ2n) is 5.31. The number of rotatable bonds is 6. The number of carbonyl (C=O) groups is 1. The topological polar surface area (TPSA) is 75.3 Å². The third-order valence-corrected chi connectivity index (χ3v) is 3.77. The van der Waals surface area contributed by atoms with Crippen LogP contribution in [-0.2, 0) is 6.54 Å². The first-order chi connectivity index (χ1) is 9.72. The van der Waals surface area contributed by atoms with Gasteiger partial charge in [-0.2, -0.15) is 0 Å². The Bertz CT molecular complexity index is 644. The molecule has 0 aliphatic heterocycles. The number of imidazole rings is 1. The van der Waals surface area contributed by atoms with Crippen molar-refractivity contribution in [2.45, 2.75) is 38.1 Å². The summed E-state index contributed by atoms with van der Waals surface area (Å²) in [6.07, 6.45) is 3.89. The van der Waals surface area contributed by atoms with Gasteiger partial charge in [-0.05, 0) is 37.8 Å². The number of carboxylic acid groups (broad SMARTS) is 1. The third kappa shape index (κ3) is 2.29. The van der Waals surface area contributed by atoms with E-state index in [1.807, 2.05) is 6.07 Å². The highest BCUT2D eigenvalue weighted by molar-refractivity contribution is 6.01. The van der Waals surface area contributed by atoms with Gasteiger partial charge in [-0.15, -0.1) is 0 Å². The fraction of sp³-hybridized carbons (Fsp3) is 0.467. The SMILES string of the molecule is O=C(O)c1cccc2c1nc(C1CC1)n2CCCCO. The van der Waals surface area contributed by atoms with Gasteiger partial charge in [0.1, 0.15) is 11.3 Å². The number of hydrogen-bond donors (Lipinski definition) is 2. The van der Waals surface area contributed by atoms with Crippen molar-refractivity contribution in [1.82, 2.24) is 9.55 Å². The molecule has 0 saturated heterocycles. The highest BCUT2D eigenvalue weighted by atomic mass is 16.4. The quantitative estimate of drug-likeness (QED) is 0.793. The molecule has 5 nitrogen and oxygen atoms in total. The van der Waals surface area contributed by atoms with Gasteiger partial charge < -0.3 is 14.8 Å². The molecule has 0 bridgehead atoms. The monoisotopic (exact) mass is 274 g/mol. The van der Waals surface area contributed by atoms with Crippen LogP contribution >= 0.6 is 0 Å². The molecule has 0 radical (unpaired) electrons. The Morgan fingerprint density at radius 1 is 1.35 bits per heavy atom. The van der Waals surface area contributed by atoms with Gasteiger partial charge in [0.05, 0.1) is 11.1 Å². The van der Waals surface area contributed by atoms with Crippen LogP contribution in [0, 0.1) is 0 Å². The van der Waals surface area contributed by atoms with Crippen LogP contribution in [0.2, 0.25) is 0 Å². The number of fused-ring (bicyclic) bond motifs is 1. The van der Waals surface area contributed by atoms with Gasteiger partial charge >= 0.3 is 5.97 Å². The van der Waals surface area contributed by atoms with Crippen molar-refractivity contribution in [3.63, 3.8) is 0 Å². The Morgan fingerprint density at radius 2 is 2.15 bits per heavy atom. The van der Waals surface area contributed by atoms with Gasteiger partial charge in [-0.25, -0.2) is 9.78 Å². The molecule has 106 valence electrons. The molecule has 0 spiro atoms. The average molecular weight is 274 g/mol. The molecule has 1 aromatic heterocycles. The second-order valence-corrected chi connectivity index (χ2v) is 5.31. The number of hydrogen-bond acceptors (Lipinski definition) is 3. The first kappa shape index (κ1) is 13.1. The highest BCUT2D eigenvalue weighted by Gasteiger charge is 2.30. The smallest absolute Gasteiger partial charge is 0.337 e. The second kappa shape index (κ2) is 5.25. The number of aryl methyl sites for hydroxylation is 1. The number of aliphatic hydroxyl groups is 1. The molecule has 1 aliphatic rings. The fourth-order valence-electron chi connectivity index (χ4n) is 2.61. The van der Waals surface area contributed by atoms with Crippen LogP contribution in [-0.4, -0.2) is 32.3 Å². The van der Waals surface area contributed by atoms with E-state index >= 15 is 0 Å². The van der Waals surface area contributed by atoms with Crippen molar-refractivity contribution in [2.24, 2.45) is 0 Å². The van der Waals surface area contributed by atoms with Crippen molar-refractivity contribution < 1.29 is 15.0 Å². The maximum Gasteiger partial charge on any atom is 0.337 e. The molecule has 5 heteroatoms. The van der Waals surface area contributed by atoms with Gasteiger partial charge in [0, 0.05) is 19.1 Å². The zero-order valence-corrected chi connectivity index (χ0v) is 11.2. The molecule has 0 amide bonds. The van der Waals surface area contributed by atoms with Crippen molar-refractivity contribution >= 4 is 17.0 Å². The van der Waals surface area contributed by atoms with Crippen LogP contribution in [0.15, 0.2) is 18.2 Å². The lowest BCUT2D eigenvalue weighted by molar-refractivity contribution is 0.0699. The van der Waals surface area contributed by atoms with Crippen LogP contribution in [0.25, 0.3) is 11.0 Å². The van der Waals surface area contributed by atoms with Gasteiger partial charge in [-0.1, -0.05) is 6.07 Å². The molecule has 1 fully saturated rings. The Labute approximate surface area is 116 Å². The molecule has 1 saturated carbocycles. The molecule has 1 aromatic carbocycles. The van der Waals surface area contributed by atoms with Gasteiger partial charge in [0.25, 0.3) is 0 Å². The van der Waals surface area contributed by atoms with Crippen molar-refractivity contribution in [2.75, 3.05) is 6.61 Å². The molecule has 20 heavy (non-hydrogen) atoms. The van der Waals surface area contributed by atoms with E-state index < -0.39 is 5.97 Å². The summed E-state index contributed by atoms with van der Waals surface area (Å²) in [5.74, 6) is 0.544. The minimum Gasteiger partial charge on any atom is -0.478 e. The predicted molar refractivity (Wildman–Crippen MR) is 75.0 cm³/mol. The van der Waals surface area contributed by atoms with Crippen LogP contribution in [0.3, 0.4) is 0 Å². The lowest BCUT2D eigenvalue weighted by Gasteiger charge is -2.08. The standard InChI is InChI=1S/C15H18N2O3/c18-9-2-1-8-17-12-5-3-4-11(15(19)20)13(12)16-14(17)10-6-7-10/h3-5,10,18H,1-2,6-9H2,(H,19,20). The van der Waals surface area contributed by atoms with Crippen LogP contribution < -0.4 is 0 Å². The summed E-state index contributed by atoms with van der Waals surface area (Å²) in [6.45, 7) is 0.970. The number of para-hydroxylation sites is 1. The van der Waals surface area contributed by atoms with Gasteiger partial charge in [0.15, 0.2) is 0 Å². The first-order valence-corrected chi connectivity index (χ1v) is 7.05. The van der Waals surface area contributed by atoms with E-state index in [1.54, 1.807) is 12.1 Å². The maximum absolute atomic E-state index is 11.3. The molecular weight excluding hydrogens is 256 g/mol. The van der Waals surface area contributed by atoms with E-state index in [0.717, 1.165) is 43.6 Å². The number of aliphatic hydroxyl groups excluding tert-OH is 1. The number of unbranched alkanes of at least 4 members (excludes halogenated alkanes) is 1. The minimum absolute atomic E-state index is 0.186. The average Bonchev–Trinajstić information content (AvgIpc) is 3.21. The third-order valence-electron chi connectivity index (χ3n) is 3.77. The van der Waals surface area contributed by atoms with E-state index in [0.29, 0.717) is 11.4 Å². The van der Waals surface area contributed by atoms with Crippen LogP contribution in [0.4, 0.5) is 0 Å². The number of aromatic nitrogens is 2. The lowest BCUT2D eigenvalue weighted by Crippen LogP contribution is -2.04.